The van der Waals surface area contributed by atoms with E-state index in [9.17, 15) is 9.90 Å². The number of aryl methyl sites for hydroxylation is 1. The molecule has 0 radical (unpaired) electrons. The molecule has 2 aromatic heterocycles. The summed E-state index contributed by atoms with van der Waals surface area (Å²) in [5, 5.41) is 18.0. The Bertz CT molecular complexity index is 1920. The van der Waals surface area contributed by atoms with E-state index in [0.29, 0.717) is 17.0 Å². The molecule has 13 heteroatoms. The van der Waals surface area contributed by atoms with E-state index < -0.39 is 40.8 Å². The number of amides is 1. The van der Waals surface area contributed by atoms with Crippen LogP contribution in [0.4, 0.5) is 8.78 Å². The second-order valence-electron chi connectivity index (χ2n) is 9.28. The standard InChI is InChI=1S/C31H24F2N6O5/c1-39-13-12-37-29(39)19-5-3-7-21(15-19)43-30-25(32)27(42-20-6-2-4-17(14-20)8-11-24(34)41)26(33)31(38-30)44-23-16-18(28(35)36)9-10-22(23)40/h2-16,40H,1H3,(H2,34,41)(H3,35,36)/b11-8+. The molecule has 0 unspecified atom stereocenters. The third-order valence-electron chi connectivity index (χ3n) is 6.10. The summed E-state index contributed by atoms with van der Waals surface area (Å²) in [7, 11) is 1.81. The molecule has 0 atom stereocenters. The summed E-state index contributed by atoms with van der Waals surface area (Å²) in [4.78, 5) is 19.3. The summed E-state index contributed by atoms with van der Waals surface area (Å²) in [6, 6.07) is 16.3. The minimum atomic E-state index is -1.36. The number of nitrogens with zero attached hydrogens (tertiary/aromatic N) is 3. The van der Waals surface area contributed by atoms with Crippen LogP contribution in [0.2, 0.25) is 0 Å². The van der Waals surface area contributed by atoms with Crippen LogP contribution in [0, 0.1) is 17.0 Å². The number of phenolic OH excluding ortho intramolecular Hbond substituents is 1. The summed E-state index contributed by atoms with van der Waals surface area (Å²) >= 11 is 0. The number of imidazole rings is 1. The number of hydrogen-bond donors (Lipinski definition) is 4. The monoisotopic (exact) mass is 598 g/mol. The number of ether oxygens (including phenoxy) is 3. The lowest BCUT2D eigenvalue weighted by Gasteiger charge is -2.16. The number of nitrogens with one attached hydrogen (secondary N) is 1. The highest BCUT2D eigenvalue weighted by Crippen LogP contribution is 2.41. The molecule has 0 bridgehead atoms. The number of carbonyl (C=O) groups excluding carboxylic acids is 1. The third-order valence-corrected chi connectivity index (χ3v) is 6.10. The predicted octanol–water partition coefficient (Wildman–Crippen LogP) is 5.63. The van der Waals surface area contributed by atoms with Crippen molar-refractivity contribution >= 4 is 17.8 Å². The van der Waals surface area contributed by atoms with Gasteiger partial charge in [-0.3, -0.25) is 10.2 Å². The predicted molar refractivity (Wildman–Crippen MR) is 157 cm³/mol. The van der Waals surface area contributed by atoms with E-state index in [1.54, 1.807) is 48.3 Å². The van der Waals surface area contributed by atoms with E-state index in [4.69, 9.17) is 31.1 Å². The number of nitrogen functional groups attached to an aromatic ring is 1. The first-order valence-corrected chi connectivity index (χ1v) is 12.8. The van der Waals surface area contributed by atoms with Gasteiger partial charge in [-0.1, -0.05) is 24.3 Å². The topological polar surface area (TPSA) is 172 Å². The Balaban J connectivity index is 1.58. The van der Waals surface area contributed by atoms with Gasteiger partial charge in [0, 0.05) is 36.6 Å². The first-order chi connectivity index (χ1) is 21.1. The summed E-state index contributed by atoms with van der Waals surface area (Å²) < 4.78 is 50.4. The molecule has 6 N–H and O–H groups in total. The fourth-order valence-corrected chi connectivity index (χ4v) is 4.01. The van der Waals surface area contributed by atoms with Gasteiger partial charge in [0.05, 0.1) is 0 Å². The number of nitrogens with two attached hydrogens (primary N) is 2. The average Bonchev–Trinajstić information content (AvgIpc) is 3.43. The molecular weight excluding hydrogens is 574 g/mol. The Morgan fingerprint density at radius 3 is 2.34 bits per heavy atom. The zero-order valence-corrected chi connectivity index (χ0v) is 23.0. The van der Waals surface area contributed by atoms with Crippen molar-refractivity contribution in [1.29, 1.82) is 5.41 Å². The molecule has 5 rings (SSSR count). The molecule has 3 aromatic carbocycles. The van der Waals surface area contributed by atoms with Crippen LogP contribution < -0.4 is 25.7 Å². The third kappa shape index (κ3) is 6.46. The van der Waals surface area contributed by atoms with Gasteiger partial charge in [0.15, 0.2) is 11.5 Å². The number of pyridine rings is 1. The molecule has 0 fully saturated rings. The molecule has 5 aromatic rings. The number of phenols is 1. The van der Waals surface area contributed by atoms with Crippen molar-refractivity contribution in [2.45, 2.75) is 0 Å². The number of benzene rings is 3. The Morgan fingerprint density at radius 2 is 1.66 bits per heavy atom. The number of aromatic hydroxyl groups is 1. The number of carbonyl (C=O) groups is 1. The van der Waals surface area contributed by atoms with Crippen molar-refractivity contribution in [3.8, 4) is 51.9 Å². The van der Waals surface area contributed by atoms with Crippen LogP contribution in [0.1, 0.15) is 11.1 Å². The Hall–Kier alpha value is -6.24. The number of amidine groups is 1. The van der Waals surface area contributed by atoms with Gasteiger partial charge in [0.25, 0.3) is 11.8 Å². The maximum Gasteiger partial charge on any atom is 0.263 e. The van der Waals surface area contributed by atoms with E-state index in [1.807, 2.05) is 0 Å². The van der Waals surface area contributed by atoms with Gasteiger partial charge in [0.2, 0.25) is 23.3 Å². The number of aromatic nitrogens is 3. The van der Waals surface area contributed by atoms with Crippen molar-refractivity contribution in [1.82, 2.24) is 14.5 Å². The van der Waals surface area contributed by atoms with Crippen LogP contribution in [0.5, 0.6) is 40.5 Å². The zero-order chi connectivity index (χ0) is 31.4. The molecule has 222 valence electrons. The molecule has 0 aliphatic heterocycles. The van der Waals surface area contributed by atoms with Gasteiger partial charge in [0.1, 0.15) is 23.2 Å². The van der Waals surface area contributed by atoms with E-state index in [-0.39, 0.29) is 28.6 Å². The Morgan fingerprint density at radius 1 is 0.955 bits per heavy atom. The molecule has 0 aliphatic rings. The Kier molecular flexibility index (Phi) is 8.20. The quantitative estimate of drug-likeness (QED) is 0.0910. The number of halogens is 2. The van der Waals surface area contributed by atoms with E-state index in [0.717, 1.165) is 6.08 Å². The molecule has 0 aliphatic carbocycles. The van der Waals surface area contributed by atoms with Crippen LogP contribution in [0.3, 0.4) is 0 Å². The van der Waals surface area contributed by atoms with Crippen LogP contribution in [0.15, 0.2) is 85.2 Å². The lowest BCUT2D eigenvalue weighted by Crippen LogP contribution is -2.11. The largest absolute Gasteiger partial charge is 0.504 e. The second-order valence-corrected chi connectivity index (χ2v) is 9.28. The molecule has 11 nitrogen and oxygen atoms in total. The zero-order valence-electron chi connectivity index (χ0n) is 23.0. The van der Waals surface area contributed by atoms with Crippen LogP contribution in [-0.2, 0) is 11.8 Å². The summed E-state index contributed by atoms with van der Waals surface area (Å²) in [5.41, 5.74) is 12.0. The van der Waals surface area contributed by atoms with Crippen LogP contribution >= 0.6 is 0 Å². The number of rotatable bonds is 10. The molecule has 0 saturated heterocycles. The van der Waals surface area contributed by atoms with Crippen molar-refractivity contribution < 1.29 is 32.9 Å². The van der Waals surface area contributed by atoms with Gasteiger partial charge < -0.3 is 35.4 Å². The molecule has 0 spiro atoms. The number of primary amides is 1. The smallest absolute Gasteiger partial charge is 0.263 e. The van der Waals surface area contributed by atoms with Crippen molar-refractivity contribution in [2.75, 3.05) is 0 Å². The van der Waals surface area contributed by atoms with Gasteiger partial charge >= 0.3 is 0 Å². The SMILES string of the molecule is Cn1ccnc1-c1cccc(Oc2nc(Oc3cc(C(=N)N)ccc3O)c(F)c(Oc3cccc(/C=C/C(N)=O)c3)c2F)c1. The lowest BCUT2D eigenvalue weighted by atomic mass is 10.2. The van der Waals surface area contributed by atoms with Crippen molar-refractivity contribution in [3.05, 3.63) is 108 Å². The van der Waals surface area contributed by atoms with Gasteiger partial charge in [-0.15, -0.1) is 0 Å². The molecule has 0 saturated carbocycles. The normalized spacial score (nSPS) is 11.0. The van der Waals surface area contributed by atoms with Gasteiger partial charge in [-0.25, -0.2) is 4.98 Å². The first kappa shape index (κ1) is 29.3. The number of hydrogen-bond acceptors (Lipinski definition) is 8. The van der Waals surface area contributed by atoms with E-state index in [2.05, 4.69) is 9.97 Å². The maximum absolute atomic E-state index is 15.9. The fourth-order valence-electron chi connectivity index (χ4n) is 4.01. The van der Waals surface area contributed by atoms with E-state index >= 15 is 8.78 Å². The van der Waals surface area contributed by atoms with Crippen molar-refractivity contribution in [2.24, 2.45) is 18.5 Å². The van der Waals surface area contributed by atoms with E-state index in [1.165, 1.54) is 48.5 Å². The summed E-state index contributed by atoms with van der Waals surface area (Å²) in [6.45, 7) is 0. The summed E-state index contributed by atoms with van der Waals surface area (Å²) in [5.74, 6) is -6.12. The first-order valence-electron chi connectivity index (χ1n) is 12.8. The van der Waals surface area contributed by atoms with Gasteiger partial charge in [-0.05, 0) is 54.1 Å². The van der Waals surface area contributed by atoms with Crippen LogP contribution in [0.25, 0.3) is 17.5 Å². The Labute approximate surface area is 249 Å². The highest BCUT2D eigenvalue weighted by atomic mass is 19.1. The maximum atomic E-state index is 15.9. The second kappa shape index (κ2) is 12.3. The van der Waals surface area contributed by atoms with Gasteiger partial charge in [-0.2, -0.15) is 13.8 Å². The minimum absolute atomic E-state index is 0.00396. The van der Waals surface area contributed by atoms with Crippen molar-refractivity contribution in [3.63, 3.8) is 0 Å². The molecular formula is C31H24F2N6O5. The molecule has 1 amide bonds. The molecule has 44 heavy (non-hydrogen) atoms. The minimum Gasteiger partial charge on any atom is -0.504 e. The lowest BCUT2D eigenvalue weighted by molar-refractivity contribution is -0.113. The highest BCUT2D eigenvalue weighted by molar-refractivity contribution is 5.95. The average molecular weight is 599 g/mol. The van der Waals surface area contributed by atoms with Crippen LogP contribution in [-0.4, -0.2) is 31.4 Å². The molecule has 2 heterocycles. The fraction of sp³-hybridized carbons (Fsp3) is 0.0323. The highest BCUT2D eigenvalue weighted by Gasteiger charge is 2.27. The summed E-state index contributed by atoms with van der Waals surface area (Å²) in [6.07, 6.45) is 5.89.